The van der Waals surface area contributed by atoms with Crippen LogP contribution < -0.4 is 0 Å². The van der Waals surface area contributed by atoms with E-state index in [1.165, 1.54) is 0 Å². The van der Waals surface area contributed by atoms with Crippen LogP contribution in [0, 0.1) is 40.4 Å². The Bertz CT molecular complexity index is 741. The highest BCUT2D eigenvalue weighted by atomic mass is 35.5. The Morgan fingerprint density at radius 3 is 2.05 bits per heavy atom. The van der Waals surface area contributed by atoms with E-state index in [2.05, 4.69) is 4.98 Å². The van der Waals surface area contributed by atoms with Crippen LogP contribution in [0.4, 0.5) is 22.0 Å². The van der Waals surface area contributed by atoms with Crippen molar-refractivity contribution in [3.8, 4) is 17.3 Å². The zero-order valence-corrected chi connectivity index (χ0v) is 10.8. The third-order valence-corrected chi connectivity index (χ3v) is 3.01. The fraction of sp³-hybridized carbons (Fsp3) is 0.0769. The molecule has 1 heterocycles. The molecule has 0 spiro atoms. The summed E-state index contributed by atoms with van der Waals surface area (Å²) in [7, 11) is 0. The minimum atomic E-state index is -2.25. The second-order valence-corrected chi connectivity index (χ2v) is 4.35. The molecule has 1 aromatic heterocycles. The van der Waals surface area contributed by atoms with Gasteiger partial charge in [-0.3, -0.25) is 4.98 Å². The average molecular weight is 319 g/mol. The lowest BCUT2D eigenvalue weighted by Crippen LogP contribution is -2.05. The van der Waals surface area contributed by atoms with Crippen LogP contribution in [0.15, 0.2) is 12.3 Å². The van der Waals surface area contributed by atoms with Gasteiger partial charge in [-0.1, -0.05) is 11.6 Å². The molecule has 0 aliphatic heterocycles. The van der Waals surface area contributed by atoms with Crippen molar-refractivity contribution in [1.82, 2.24) is 4.98 Å². The van der Waals surface area contributed by atoms with E-state index in [1.54, 1.807) is 6.07 Å². The molecule has 0 aliphatic rings. The third-order valence-electron chi connectivity index (χ3n) is 2.67. The highest BCUT2D eigenvalue weighted by Crippen LogP contribution is 2.31. The summed E-state index contributed by atoms with van der Waals surface area (Å²) in [5, 5.41) is 8.64. The van der Waals surface area contributed by atoms with Gasteiger partial charge < -0.3 is 0 Å². The molecule has 0 radical (unpaired) electrons. The molecule has 0 aliphatic carbocycles. The van der Waals surface area contributed by atoms with Gasteiger partial charge in [-0.2, -0.15) is 5.26 Å². The van der Waals surface area contributed by atoms with E-state index < -0.39 is 40.3 Å². The lowest BCUT2D eigenvalue weighted by atomic mass is 10.1. The van der Waals surface area contributed by atoms with Gasteiger partial charge in [0, 0.05) is 6.20 Å². The number of hydrogen-bond donors (Lipinski definition) is 0. The lowest BCUT2D eigenvalue weighted by molar-refractivity contribution is 0.381. The average Bonchev–Trinajstić information content (AvgIpc) is 2.47. The van der Waals surface area contributed by atoms with Gasteiger partial charge in [-0.15, -0.1) is 0 Å². The van der Waals surface area contributed by atoms with Crippen LogP contribution in [0.2, 0.25) is 5.02 Å². The van der Waals surface area contributed by atoms with E-state index in [0.29, 0.717) is 0 Å². The minimum absolute atomic E-state index is 0.0455. The van der Waals surface area contributed by atoms with Crippen LogP contribution in [0.25, 0.3) is 11.3 Å². The van der Waals surface area contributed by atoms with Crippen LogP contribution in [-0.2, 0) is 6.42 Å². The van der Waals surface area contributed by atoms with E-state index in [0.717, 1.165) is 12.3 Å². The van der Waals surface area contributed by atoms with Gasteiger partial charge in [0.1, 0.15) is 0 Å². The summed E-state index contributed by atoms with van der Waals surface area (Å²) in [4.78, 5) is 3.55. The summed E-state index contributed by atoms with van der Waals surface area (Å²) >= 11 is 5.72. The number of benzene rings is 1. The SMILES string of the molecule is N#CCc1cc(-c2c(F)c(F)c(F)c(F)c2F)ncc1Cl. The van der Waals surface area contributed by atoms with Crippen molar-refractivity contribution in [3.05, 3.63) is 51.9 Å². The van der Waals surface area contributed by atoms with Gasteiger partial charge in [-0.05, 0) is 11.6 Å². The van der Waals surface area contributed by atoms with Gasteiger partial charge in [0.2, 0.25) is 5.82 Å². The molecule has 0 N–H and O–H groups in total. The highest BCUT2D eigenvalue weighted by Gasteiger charge is 2.27. The monoisotopic (exact) mass is 318 g/mol. The molecule has 0 fully saturated rings. The maximum Gasteiger partial charge on any atom is 0.200 e. The van der Waals surface area contributed by atoms with Crippen molar-refractivity contribution in [2.24, 2.45) is 0 Å². The topological polar surface area (TPSA) is 36.7 Å². The van der Waals surface area contributed by atoms with Gasteiger partial charge in [-0.25, -0.2) is 22.0 Å². The first kappa shape index (κ1) is 15.2. The first-order valence-corrected chi connectivity index (χ1v) is 5.79. The van der Waals surface area contributed by atoms with Crippen molar-refractivity contribution in [2.75, 3.05) is 0 Å². The highest BCUT2D eigenvalue weighted by molar-refractivity contribution is 6.31. The fourth-order valence-electron chi connectivity index (χ4n) is 1.67. The zero-order valence-electron chi connectivity index (χ0n) is 10.0. The predicted molar refractivity (Wildman–Crippen MR) is 63.8 cm³/mol. The van der Waals surface area contributed by atoms with E-state index in [1.807, 2.05) is 0 Å². The maximum atomic E-state index is 13.6. The van der Waals surface area contributed by atoms with E-state index in [-0.39, 0.29) is 17.0 Å². The molecule has 0 unspecified atom stereocenters. The Morgan fingerprint density at radius 1 is 1.00 bits per heavy atom. The normalized spacial score (nSPS) is 10.5. The summed E-state index contributed by atoms with van der Waals surface area (Å²) in [6, 6.07) is 2.76. The molecule has 2 rings (SSSR count). The van der Waals surface area contributed by atoms with Crippen molar-refractivity contribution >= 4 is 11.6 Å². The second kappa shape index (κ2) is 5.66. The Balaban J connectivity index is 2.74. The molecule has 108 valence electrons. The maximum absolute atomic E-state index is 13.6. The number of nitriles is 1. The third kappa shape index (κ3) is 2.54. The Morgan fingerprint density at radius 2 is 1.52 bits per heavy atom. The molecule has 0 amide bonds. The summed E-state index contributed by atoms with van der Waals surface area (Å²) in [6.45, 7) is 0. The van der Waals surface area contributed by atoms with Gasteiger partial charge in [0.05, 0.1) is 28.8 Å². The summed E-state index contributed by atoms with van der Waals surface area (Å²) < 4.78 is 66.6. The van der Waals surface area contributed by atoms with Crippen LogP contribution in [-0.4, -0.2) is 4.98 Å². The van der Waals surface area contributed by atoms with Crippen LogP contribution in [0.3, 0.4) is 0 Å². The fourth-order valence-corrected chi connectivity index (χ4v) is 1.84. The summed E-state index contributed by atoms with van der Waals surface area (Å²) in [6.07, 6.45) is 0.769. The molecule has 2 aromatic rings. The van der Waals surface area contributed by atoms with Crippen LogP contribution >= 0.6 is 11.6 Å². The Hall–Kier alpha value is -2.20. The molecule has 8 heteroatoms. The number of halogens is 6. The second-order valence-electron chi connectivity index (χ2n) is 3.94. The van der Waals surface area contributed by atoms with E-state index in [9.17, 15) is 22.0 Å². The number of pyridine rings is 1. The number of hydrogen-bond acceptors (Lipinski definition) is 2. The molecule has 2 nitrogen and oxygen atoms in total. The largest absolute Gasteiger partial charge is 0.254 e. The quantitative estimate of drug-likeness (QED) is 0.473. The predicted octanol–water partition coefficient (Wildman–Crippen LogP) is 4.16. The van der Waals surface area contributed by atoms with Gasteiger partial charge in [0.25, 0.3) is 0 Å². The van der Waals surface area contributed by atoms with E-state index >= 15 is 0 Å². The smallest absolute Gasteiger partial charge is 0.200 e. The molecule has 0 saturated heterocycles. The number of rotatable bonds is 2. The standard InChI is InChI=1S/C13H4ClF5N2/c14-6-4-21-7(3-5(6)1-2-20)8-9(15)11(17)13(19)12(18)10(8)16/h3-4H,1H2. The number of aromatic nitrogens is 1. The first-order chi connectivity index (χ1) is 9.88. The van der Waals surface area contributed by atoms with Crippen molar-refractivity contribution in [1.29, 1.82) is 5.26 Å². The Kier molecular flexibility index (Phi) is 4.09. The summed E-state index contributed by atoms with van der Waals surface area (Å²) in [5.41, 5.74) is -1.51. The lowest BCUT2D eigenvalue weighted by Gasteiger charge is -2.09. The molecular weight excluding hydrogens is 315 g/mol. The molecule has 0 saturated carbocycles. The van der Waals surface area contributed by atoms with Crippen molar-refractivity contribution in [3.63, 3.8) is 0 Å². The van der Waals surface area contributed by atoms with Crippen LogP contribution in [0.1, 0.15) is 5.56 Å². The molecular formula is C13H4ClF5N2. The summed E-state index contributed by atoms with van der Waals surface area (Å²) in [5.74, 6) is -10.4. The number of nitrogens with zero attached hydrogens (tertiary/aromatic N) is 2. The molecule has 0 bridgehead atoms. The van der Waals surface area contributed by atoms with Crippen molar-refractivity contribution in [2.45, 2.75) is 6.42 Å². The Labute approximate surface area is 120 Å². The molecule has 21 heavy (non-hydrogen) atoms. The first-order valence-electron chi connectivity index (χ1n) is 5.41. The van der Waals surface area contributed by atoms with Crippen LogP contribution in [0.5, 0.6) is 0 Å². The molecule has 1 aromatic carbocycles. The van der Waals surface area contributed by atoms with E-state index in [4.69, 9.17) is 16.9 Å². The minimum Gasteiger partial charge on any atom is -0.254 e. The van der Waals surface area contributed by atoms with Gasteiger partial charge in [0.15, 0.2) is 23.3 Å². The molecule has 0 atom stereocenters. The zero-order chi connectivity index (χ0) is 15.7. The van der Waals surface area contributed by atoms with Gasteiger partial charge >= 0.3 is 0 Å². The van der Waals surface area contributed by atoms with Crippen molar-refractivity contribution < 1.29 is 22.0 Å².